The van der Waals surface area contributed by atoms with E-state index in [9.17, 15) is 4.79 Å². The third kappa shape index (κ3) is 3.85. The van der Waals surface area contributed by atoms with Crippen molar-refractivity contribution in [1.82, 2.24) is 20.0 Å². The third-order valence-electron chi connectivity index (χ3n) is 4.84. The largest absolute Gasteiger partial charge is 0.352 e. The molecule has 2 heterocycles. The van der Waals surface area contributed by atoms with Crippen molar-refractivity contribution < 1.29 is 4.79 Å². The van der Waals surface area contributed by atoms with Gasteiger partial charge < -0.3 is 5.32 Å². The van der Waals surface area contributed by atoms with E-state index in [4.69, 9.17) is 0 Å². The molecule has 1 aliphatic heterocycles. The highest BCUT2D eigenvalue weighted by molar-refractivity contribution is 5.79. The Morgan fingerprint density at radius 1 is 1.29 bits per heavy atom. The first kappa shape index (κ1) is 16.7. The maximum atomic E-state index is 12.6. The molecule has 3 rings (SSSR count). The van der Waals surface area contributed by atoms with Gasteiger partial charge in [0.05, 0.1) is 11.6 Å². The summed E-state index contributed by atoms with van der Waals surface area (Å²) in [6.45, 7) is 7.41. The van der Waals surface area contributed by atoms with Crippen LogP contribution in [0.25, 0.3) is 0 Å². The van der Waals surface area contributed by atoms with E-state index >= 15 is 0 Å². The van der Waals surface area contributed by atoms with E-state index in [1.165, 1.54) is 5.56 Å². The van der Waals surface area contributed by atoms with Crippen LogP contribution in [0.15, 0.2) is 36.5 Å². The van der Waals surface area contributed by atoms with Crippen molar-refractivity contribution in [3.63, 3.8) is 0 Å². The van der Waals surface area contributed by atoms with Crippen molar-refractivity contribution in [3.8, 4) is 0 Å². The van der Waals surface area contributed by atoms with Gasteiger partial charge >= 0.3 is 0 Å². The van der Waals surface area contributed by atoms with Crippen molar-refractivity contribution in [2.45, 2.75) is 26.9 Å². The Balaban J connectivity index is 1.54. The zero-order valence-corrected chi connectivity index (χ0v) is 14.7. The maximum Gasteiger partial charge on any atom is 0.224 e. The molecule has 24 heavy (non-hydrogen) atoms. The smallest absolute Gasteiger partial charge is 0.224 e. The molecule has 1 amide bonds. The average molecular weight is 326 g/mol. The normalized spacial score (nSPS) is 21.1. The number of hydrogen-bond donors (Lipinski definition) is 1. The van der Waals surface area contributed by atoms with Gasteiger partial charge in [-0.05, 0) is 18.4 Å². The molecule has 1 fully saturated rings. The summed E-state index contributed by atoms with van der Waals surface area (Å²) in [7, 11) is 1.90. The first-order valence-corrected chi connectivity index (χ1v) is 8.56. The fraction of sp³-hybridized carbons (Fsp3) is 0.474. The van der Waals surface area contributed by atoms with Crippen LogP contribution in [0.3, 0.4) is 0 Å². The van der Waals surface area contributed by atoms with Crippen LogP contribution in [-0.2, 0) is 24.9 Å². The quantitative estimate of drug-likeness (QED) is 0.915. The second kappa shape index (κ2) is 7.18. The van der Waals surface area contributed by atoms with Gasteiger partial charge in [0.15, 0.2) is 0 Å². The number of nitrogens with zero attached hydrogens (tertiary/aromatic N) is 3. The number of aromatic nitrogens is 2. The molecule has 0 aliphatic carbocycles. The van der Waals surface area contributed by atoms with Crippen molar-refractivity contribution in [1.29, 1.82) is 0 Å². The summed E-state index contributed by atoms with van der Waals surface area (Å²) in [6.07, 6.45) is 1.97. The standard InChI is InChI=1S/C19H26N4O/c1-14-10-23(11-16-7-5-4-6-8-16)13-18(14)19(24)20-9-17-12-22(3)21-15(17)2/h4-8,12,14,18H,9-11,13H2,1-3H3,(H,20,24)/t14-,18-/m1/s1. The number of rotatable bonds is 5. The Morgan fingerprint density at radius 3 is 2.71 bits per heavy atom. The lowest BCUT2D eigenvalue weighted by Crippen LogP contribution is -2.34. The van der Waals surface area contributed by atoms with Gasteiger partial charge in [-0.15, -0.1) is 0 Å². The SMILES string of the molecule is Cc1nn(C)cc1CNC(=O)[C@@H]1CN(Cc2ccccc2)C[C@H]1C. The number of likely N-dealkylation sites (tertiary alicyclic amines) is 1. The van der Waals surface area contributed by atoms with Crippen molar-refractivity contribution in [2.75, 3.05) is 13.1 Å². The molecule has 0 bridgehead atoms. The number of amides is 1. The van der Waals surface area contributed by atoms with E-state index in [1.54, 1.807) is 4.68 Å². The lowest BCUT2D eigenvalue weighted by Gasteiger charge is -2.16. The molecule has 1 N–H and O–H groups in total. The molecule has 0 unspecified atom stereocenters. The number of hydrogen-bond acceptors (Lipinski definition) is 3. The number of aryl methyl sites for hydroxylation is 2. The summed E-state index contributed by atoms with van der Waals surface area (Å²) in [5.74, 6) is 0.593. The zero-order chi connectivity index (χ0) is 17.1. The molecule has 2 aromatic rings. The highest BCUT2D eigenvalue weighted by atomic mass is 16.1. The van der Waals surface area contributed by atoms with Crippen LogP contribution in [0.2, 0.25) is 0 Å². The fourth-order valence-corrected chi connectivity index (χ4v) is 3.51. The van der Waals surface area contributed by atoms with Gasteiger partial charge in [0.1, 0.15) is 0 Å². The molecule has 1 aromatic heterocycles. The van der Waals surface area contributed by atoms with Crippen molar-refractivity contribution in [2.24, 2.45) is 18.9 Å². The molecular formula is C19H26N4O. The Kier molecular flexibility index (Phi) is 5.00. The van der Waals surface area contributed by atoms with E-state index in [0.717, 1.165) is 30.9 Å². The molecule has 1 aliphatic rings. The molecule has 0 spiro atoms. The Morgan fingerprint density at radius 2 is 2.04 bits per heavy atom. The summed E-state index contributed by atoms with van der Waals surface area (Å²) >= 11 is 0. The Bertz CT molecular complexity index is 695. The van der Waals surface area contributed by atoms with Gasteiger partial charge in [-0.25, -0.2) is 0 Å². The second-order valence-electron chi connectivity index (χ2n) is 6.89. The van der Waals surface area contributed by atoms with Crippen LogP contribution in [0.1, 0.15) is 23.7 Å². The summed E-state index contributed by atoms with van der Waals surface area (Å²) in [5, 5.41) is 7.41. The number of nitrogens with one attached hydrogen (secondary N) is 1. The molecule has 0 saturated carbocycles. The first-order chi connectivity index (χ1) is 11.5. The molecule has 1 aromatic carbocycles. The highest BCUT2D eigenvalue weighted by Crippen LogP contribution is 2.24. The minimum atomic E-state index is 0.0608. The van der Waals surface area contributed by atoms with E-state index in [0.29, 0.717) is 12.5 Å². The predicted molar refractivity (Wildman–Crippen MR) is 94.2 cm³/mol. The van der Waals surface area contributed by atoms with E-state index in [-0.39, 0.29) is 11.8 Å². The summed E-state index contributed by atoms with van der Waals surface area (Å²) in [5.41, 5.74) is 3.36. The van der Waals surface area contributed by atoms with Gasteiger partial charge in [0, 0.05) is 45.0 Å². The van der Waals surface area contributed by atoms with E-state index < -0.39 is 0 Å². The maximum absolute atomic E-state index is 12.6. The van der Waals surface area contributed by atoms with E-state index in [1.807, 2.05) is 26.2 Å². The number of carbonyl (C=O) groups excluding carboxylic acids is 1. The first-order valence-electron chi connectivity index (χ1n) is 8.56. The topological polar surface area (TPSA) is 50.2 Å². The van der Waals surface area contributed by atoms with Gasteiger partial charge in [-0.2, -0.15) is 5.10 Å². The zero-order valence-electron chi connectivity index (χ0n) is 14.7. The van der Waals surface area contributed by atoms with Gasteiger partial charge in [-0.1, -0.05) is 37.3 Å². The number of carbonyl (C=O) groups is 1. The van der Waals surface area contributed by atoms with Crippen LogP contribution in [0.5, 0.6) is 0 Å². The highest BCUT2D eigenvalue weighted by Gasteiger charge is 2.34. The lowest BCUT2D eigenvalue weighted by atomic mass is 9.97. The summed E-state index contributed by atoms with van der Waals surface area (Å²) in [4.78, 5) is 15.0. The van der Waals surface area contributed by atoms with Crippen LogP contribution >= 0.6 is 0 Å². The summed E-state index contributed by atoms with van der Waals surface area (Å²) in [6, 6.07) is 10.4. The Labute approximate surface area is 143 Å². The van der Waals surface area contributed by atoms with Gasteiger partial charge in [0.25, 0.3) is 0 Å². The second-order valence-corrected chi connectivity index (χ2v) is 6.89. The van der Waals surface area contributed by atoms with Crippen LogP contribution < -0.4 is 5.32 Å². The molecular weight excluding hydrogens is 300 g/mol. The molecule has 5 nitrogen and oxygen atoms in total. The fourth-order valence-electron chi connectivity index (χ4n) is 3.51. The molecule has 2 atom stereocenters. The van der Waals surface area contributed by atoms with Crippen LogP contribution in [0, 0.1) is 18.8 Å². The monoisotopic (exact) mass is 326 g/mol. The number of benzene rings is 1. The van der Waals surface area contributed by atoms with Crippen molar-refractivity contribution >= 4 is 5.91 Å². The van der Waals surface area contributed by atoms with Crippen LogP contribution in [-0.4, -0.2) is 33.7 Å². The summed E-state index contributed by atoms with van der Waals surface area (Å²) < 4.78 is 1.79. The molecule has 5 heteroatoms. The van der Waals surface area contributed by atoms with Crippen molar-refractivity contribution in [3.05, 3.63) is 53.3 Å². The molecule has 128 valence electrons. The average Bonchev–Trinajstić information content (AvgIpc) is 3.07. The Hall–Kier alpha value is -2.14. The van der Waals surface area contributed by atoms with Gasteiger partial charge in [-0.3, -0.25) is 14.4 Å². The predicted octanol–water partition coefficient (Wildman–Crippen LogP) is 2.11. The van der Waals surface area contributed by atoms with E-state index in [2.05, 4.69) is 46.5 Å². The minimum Gasteiger partial charge on any atom is -0.352 e. The third-order valence-corrected chi connectivity index (χ3v) is 4.84. The lowest BCUT2D eigenvalue weighted by molar-refractivity contribution is -0.125. The molecule has 0 radical (unpaired) electrons. The van der Waals surface area contributed by atoms with Crippen LogP contribution in [0.4, 0.5) is 0 Å². The molecule has 1 saturated heterocycles. The van der Waals surface area contributed by atoms with Gasteiger partial charge in [0.2, 0.25) is 5.91 Å². The minimum absolute atomic E-state index is 0.0608.